The van der Waals surface area contributed by atoms with Crippen LogP contribution in [-0.2, 0) is 9.59 Å². The largest absolute Gasteiger partial charge is 0.515 e. The third-order valence-corrected chi connectivity index (χ3v) is 8.08. The Bertz CT molecular complexity index is 612. The summed E-state index contributed by atoms with van der Waals surface area (Å²) < 4.78 is 0. The Kier molecular flexibility index (Phi) is 3.59. The summed E-state index contributed by atoms with van der Waals surface area (Å²) in [4.78, 5) is 24.1. The van der Waals surface area contributed by atoms with E-state index in [9.17, 15) is 14.7 Å². The lowest BCUT2D eigenvalue weighted by molar-refractivity contribution is -0.141. The zero-order valence-corrected chi connectivity index (χ0v) is 14.8. The Labute approximate surface area is 144 Å². The van der Waals surface area contributed by atoms with E-state index in [2.05, 4.69) is 19.2 Å². The van der Waals surface area contributed by atoms with Gasteiger partial charge in [-0.1, -0.05) is 6.92 Å². The molecule has 6 atom stereocenters. The molecule has 0 bridgehead atoms. The van der Waals surface area contributed by atoms with Gasteiger partial charge in [0.1, 0.15) is 0 Å². The van der Waals surface area contributed by atoms with Crippen molar-refractivity contribution in [3.05, 3.63) is 11.8 Å². The maximum atomic E-state index is 12.2. The van der Waals surface area contributed by atoms with Gasteiger partial charge in [-0.25, -0.2) is 0 Å². The average molecular weight is 331 g/mol. The van der Waals surface area contributed by atoms with Crippen molar-refractivity contribution < 1.29 is 14.7 Å². The van der Waals surface area contributed by atoms with E-state index in [0.29, 0.717) is 42.1 Å². The highest BCUT2D eigenvalue weighted by Gasteiger charge is 2.58. The SMILES string of the molecule is C[C@]12C/C(=C\O)C(=O)C[C@H]1CC[C@@H]1[C@@H]2CC[C@]2(C)NC(=O)CC[C@@H]12. The number of Topliss-reactive ketones (excluding diaryl/α,β-unsaturated/α-hetero) is 1. The van der Waals surface area contributed by atoms with Crippen molar-refractivity contribution in [1.82, 2.24) is 5.32 Å². The van der Waals surface area contributed by atoms with Gasteiger partial charge in [0, 0.05) is 24.0 Å². The van der Waals surface area contributed by atoms with Crippen molar-refractivity contribution in [2.45, 2.75) is 70.8 Å². The van der Waals surface area contributed by atoms with Crippen LogP contribution in [0, 0.1) is 29.1 Å². The number of fused-ring (bicyclic) bond motifs is 5. The predicted molar refractivity (Wildman–Crippen MR) is 91.3 cm³/mol. The lowest BCUT2D eigenvalue weighted by Crippen LogP contribution is -2.63. The Morgan fingerprint density at radius 1 is 1.12 bits per heavy atom. The lowest BCUT2D eigenvalue weighted by Gasteiger charge is -2.61. The normalized spacial score (nSPS) is 49.8. The van der Waals surface area contributed by atoms with Gasteiger partial charge >= 0.3 is 0 Å². The Hall–Kier alpha value is -1.32. The molecule has 132 valence electrons. The molecule has 2 N–H and O–H groups in total. The quantitative estimate of drug-likeness (QED) is 0.527. The van der Waals surface area contributed by atoms with Gasteiger partial charge in [-0.05, 0) is 74.5 Å². The number of aliphatic hydroxyl groups excluding tert-OH is 1. The smallest absolute Gasteiger partial charge is 0.220 e. The van der Waals surface area contributed by atoms with E-state index in [4.69, 9.17) is 0 Å². The first-order chi connectivity index (χ1) is 11.4. The summed E-state index contributed by atoms with van der Waals surface area (Å²) in [6.45, 7) is 4.59. The van der Waals surface area contributed by atoms with Crippen molar-refractivity contribution in [3.8, 4) is 0 Å². The topological polar surface area (TPSA) is 66.4 Å². The number of allylic oxidation sites excluding steroid dienone is 1. The molecule has 0 unspecified atom stereocenters. The number of carbonyl (C=O) groups is 2. The van der Waals surface area contributed by atoms with Crippen molar-refractivity contribution >= 4 is 11.7 Å². The number of piperidine rings is 1. The van der Waals surface area contributed by atoms with Gasteiger partial charge < -0.3 is 10.4 Å². The van der Waals surface area contributed by atoms with Crippen LogP contribution < -0.4 is 5.32 Å². The molecule has 4 heteroatoms. The molecule has 3 aliphatic carbocycles. The van der Waals surface area contributed by atoms with Crippen LogP contribution in [0.5, 0.6) is 0 Å². The van der Waals surface area contributed by atoms with Gasteiger partial charge in [-0.2, -0.15) is 0 Å². The predicted octanol–water partition coefficient (Wildman–Crippen LogP) is 3.52. The summed E-state index contributed by atoms with van der Waals surface area (Å²) in [7, 11) is 0. The Morgan fingerprint density at radius 2 is 1.92 bits per heavy atom. The minimum absolute atomic E-state index is 0.0418. The first-order valence-corrected chi connectivity index (χ1v) is 9.55. The fraction of sp³-hybridized carbons (Fsp3) is 0.800. The van der Waals surface area contributed by atoms with E-state index in [1.165, 1.54) is 6.42 Å². The molecular weight excluding hydrogens is 302 g/mol. The fourth-order valence-corrected chi connectivity index (χ4v) is 6.80. The first kappa shape index (κ1) is 16.2. The standard InChI is InChI=1S/C20H29NO3/c1-19-10-12(11-22)17(23)9-13(19)3-4-14-15(19)7-8-20(2)16(14)5-6-18(24)21-20/h11,13-16,22H,3-10H2,1-2H3,(H,21,24)/b12-11+/t13-,14-,15+,16+,19+,20+/m1/s1. The number of amides is 1. The van der Waals surface area contributed by atoms with Gasteiger partial charge in [-0.15, -0.1) is 0 Å². The lowest BCUT2D eigenvalue weighted by atomic mass is 9.45. The highest BCUT2D eigenvalue weighted by Crippen LogP contribution is 2.62. The van der Waals surface area contributed by atoms with Crippen LogP contribution in [-0.4, -0.2) is 22.3 Å². The van der Waals surface area contributed by atoms with Crippen molar-refractivity contribution in [1.29, 1.82) is 0 Å². The van der Waals surface area contributed by atoms with Crippen LogP contribution in [0.25, 0.3) is 0 Å². The summed E-state index contributed by atoms with van der Waals surface area (Å²) in [5.41, 5.74) is 0.702. The highest BCUT2D eigenvalue weighted by atomic mass is 16.2. The molecule has 0 aromatic heterocycles. The molecule has 1 amide bonds. The molecule has 4 aliphatic rings. The van der Waals surface area contributed by atoms with E-state index in [1.54, 1.807) is 0 Å². The summed E-state index contributed by atoms with van der Waals surface area (Å²) in [5, 5.41) is 12.8. The molecule has 3 saturated carbocycles. The number of nitrogens with one attached hydrogen (secondary N) is 1. The van der Waals surface area contributed by atoms with E-state index in [0.717, 1.165) is 38.4 Å². The molecule has 1 saturated heterocycles. The zero-order chi connectivity index (χ0) is 17.1. The van der Waals surface area contributed by atoms with Gasteiger partial charge in [0.25, 0.3) is 0 Å². The molecule has 1 aliphatic heterocycles. The molecule has 4 rings (SSSR count). The van der Waals surface area contributed by atoms with Crippen molar-refractivity contribution in [2.24, 2.45) is 29.1 Å². The molecular formula is C20H29NO3. The minimum Gasteiger partial charge on any atom is -0.515 e. The third kappa shape index (κ3) is 2.18. The van der Waals surface area contributed by atoms with Crippen molar-refractivity contribution in [2.75, 3.05) is 0 Å². The third-order valence-electron chi connectivity index (χ3n) is 8.08. The van der Waals surface area contributed by atoms with Crippen LogP contribution in [0.3, 0.4) is 0 Å². The van der Waals surface area contributed by atoms with Crippen LogP contribution in [0.2, 0.25) is 0 Å². The monoisotopic (exact) mass is 331 g/mol. The molecule has 0 spiro atoms. The first-order valence-electron chi connectivity index (χ1n) is 9.55. The molecule has 24 heavy (non-hydrogen) atoms. The molecule has 1 heterocycles. The van der Waals surface area contributed by atoms with E-state index >= 15 is 0 Å². The Balaban J connectivity index is 1.65. The summed E-state index contributed by atoms with van der Waals surface area (Å²) in [6.07, 6.45) is 8.51. The van der Waals surface area contributed by atoms with Gasteiger partial charge in [0.2, 0.25) is 5.91 Å². The number of ketones is 1. The zero-order valence-electron chi connectivity index (χ0n) is 14.8. The maximum Gasteiger partial charge on any atom is 0.220 e. The Morgan fingerprint density at radius 3 is 2.67 bits per heavy atom. The van der Waals surface area contributed by atoms with E-state index < -0.39 is 0 Å². The summed E-state index contributed by atoms with van der Waals surface area (Å²) in [6, 6.07) is 0. The van der Waals surface area contributed by atoms with Crippen LogP contribution in [0.15, 0.2) is 11.8 Å². The van der Waals surface area contributed by atoms with Crippen LogP contribution in [0.1, 0.15) is 65.2 Å². The molecule has 4 nitrogen and oxygen atoms in total. The number of rotatable bonds is 0. The van der Waals surface area contributed by atoms with E-state index in [1.807, 2.05) is 0 Å². The second kappa shape index (κ2) is 5.34. The molecule has 4 fully saturated rings. The summed E-state index contributed by atoms with van der Waals surface area (Å²) in [5.74, 6) is 2.61. The highest BCUT2D eigenvalue weighted by molar-refractivity contribution is 5.96. The van der Waals surface area contributed by atoms with Gasteiger partial charge in [0.15, 0.2) is 5.78 Å². The fourth-order valence-electron chi connectivity index (χ4n) is 6.80. The molecule has 0 aromatic carbocycles. The number of hydrogen-bond donors (Lipinski definition) is 2. The second-order valence-corrected chi connectivity index (χ2v) is 9.16. The summed E-state index contributed by atoms with van der Waals surface area (Å²) >= 11 is 0. The average Bonchev–Trinajstić information content (AvgIpc) is 2.53. The van der Waals surface area contributed by atoms with Crippen molar-refractivity contribution in [3.63, 3.8) is 0 Å². The maximum absolute atomic E-state index is 12.2. The van der Waals surface area contributed by atoms with Crippen LogP contribution in [0.4, 0.5) is 0 Å². The minimum atomic E-state index is -0.0418. The molecule has 0 aromatic rings. The molecule has 0 radical (unpaired) electrons. The second-order valence-electron chi connectivity index (χ2n) is 9.16. The van der Waals surface area contributed by atoms with Gasteiger partial charge in [0.05, 0.1) is 6.26 Å². The number of hydrogen-bond acceptors (Lipinski definition) is 3. The van der Waals surface area contributed by atoms with Gasteiger partial charge in [-0.3, -0.25) is 9.59 Å². The van der Waals surface area contributed by atoms with E-state index in [-0.39, 0.29) is 22.6 Å². The number of carbonyl (C=O) groups excluding carboxylic acids is 2. The number of aliphatic hydroxyl groups is 1. The van der Waals surface area contributed by atoms with Crippen LogP contribution >= 0.6 is 0 Å².